The van der Waals surface area contributed by atoms with Crippen molar-refractivity contribution in [3.8, 4) is 0 Å². The van der Waals surface area contributed by atoms with Gasteiger partial charge in [0.2, 0.25) is 5.91 Å². The van der Waals surface area contributed by atoms with Gasteiger partial charge in [-0.1, -0.05) is 112 Å². The summed E-state index contributed by atoms with van der Waals surface area (Å²) >= 11 is 0. The van der Waals surface area contributed by atoms with Crippen LogP contribution in [0.5, 0.6) is 0 Å². The molecule has 3 atom stereocenters. The number of carbonyl (C=O) groups is 1. The van der Waals surface area contributed by atoms with Gasteiger partial charge in [0.15, 0.2) is 0 Å². The number of phosphoric acid groups is 1. The number of rotatable bonds is 31. The SMILES string of the molecule is CC/C=C\C/C=C\C/C=C\CCCCCC(=O)NC(COP(=O)(O)OCCN)C(O)/C=C/CC/C=C/CC/C=C/CCCCCC. The Balaban J connectivity index is 4.54. The summed E-state index contributed by atoms with van der Waals surface area (Å²) in [5, 5.41) is 13.5. The van der Waals surface area contributed by atoms with Crippen molar-refractivity contribution in [1.29, 1.82) is 0 Å². The van der Waals surface area contributed by atoms with Crippen LogP contribution in [-0.2, 0) is 18.4 Å². The summed E-state index contributed by atoms with van der Waals surface area (Å²) < 4.78 is 21.9. The van der Waals surface area contributed by atoms with Crippen LogP contribution in [0.3, 0.4) is 0 Å². The largest absolute Gasteiger partial charge is 0.472 e. The molecule has 3 unspecified atom stereocenters. The number of hydrogen-bond acceptors (Lipinski definition) is 6. The number of allylic oxidation sites excluding steroid dienone is 11. The Kier molecular flexibility index (Phi) is 31.4. The van der Waals surface area contributed by atoms with Gasteiger partial charge in [-0.3, -0.25) is 13.8 Å². The summed E-state index contributed by atoms with van der Waals surface area (Å²) in [6.45, 7) is 3.90. The third-order valence-corrected chi connectivity index (χ3v) is 7.98. The molecule has 0 aromatic rings. The molecule has 0 heterocycles. The number of unbranched alkanes of at least 4 members (excludes halogenated alkanes) is 9. The molecule has 0 spiro atoms. The molecule has 1 amide bonds. The predicted molar refractivity (Wildman–Crippen MR) is 193 cm³/mol. The van der Waals surface area contributed by atoms with Crippen molar-refractivity contribution in [1.82, 2.24) is 5.32 Å². The van der Waals surface area contributed by atoms with E-state index in [1.807, 2.05) is 6.08 Å². The Morgan fingerprint density at radius 3 is 1.89 bits per heavy atom. The molecule has 0 aliphatic heterocycles. The number of phosphoric ester groups is 1. The minimum atomic E-state index is -4.35. The van der Waals surface area contributed by atoms with Gasteiger partial charge in [0.25, 0.3) is 0 Å². The summed E-state index contributed by atoms with van der Waals surface area (Å²) in [4.78, 5) is 22.5. The Labute approximate surface area is 280 Å². The van der Waals surface area contributed by atoms with E-state index in [1.54, 1.807) is 6.08 Å². The average Bonchev–Trinajstić information content (AvgIpc) is 3.04. The first-order chi connectivity index (χ1) is 22.4. The van der Waals surface area contributed by atoms with E-state index < -0.39 is 20.0 Å². The second-order valence-electron chi connectivity index (χ2n) is 11.3. The van der Waals surface area contributed by atoms with Gasteiger partial charge in [-0.25, -0.2) is 4.57 Å². The van der Waals surface area contributed by atoms with E-state index in [2.05, 4.69) is 79.9 Å². The molecule has 9 heteroatoms. The topological polar surface area (TPSA) is 131 Å². The maximum absolute atomic E-state index is 12.6. The molecule has 0 aliphatic carbocycles. The van der Waals surface area contributed by atoms with Gasteiger partial charge >= 0.3 is 7.82 Å². The summed E-state index contributed by atoms with van der Waals surface area (Å²) in [5.41, 5.74) is 5.34. The molecule has 0 aromatic heterocycles. The minimum absolute atomic E-state index is 0.0630. The highest BCUT2D eigenvalue weighted by molar-refractivity contribution is 7.47. The standard InChI is InChI=1S/C37H65N2O6P/c1-3-5-7-9-11-13-15-17-19-20-22-24-26-28-30-36(40)35(34-45-46(42,43)44-33-32-38)39-37(41)31-29-27-25-23-21-18-16-14-12-10-8-6-4-2/h6,8,12-15,18,20-22,28,30,35-36,40H,3-5,7,9-11,16-17,19,23-27,29,31-34,38H2,1-2H3,(H,39,41)(H,42,43)/b8-6-,14-12-,15-13+,21-18-,22-20+,30-28+. The molecule has 0 bridgehead atoms. The highest BCUT2D eigenvalue weighted by atomic mass is 31.2. The Hall–Kier alpha value is -2.06. The first-order valence-corrected chi connectivity index (χ1v) is 19.1. The molecular weight excluding hydrogens is 599 g/mol. The number of aliphatic hydroxyl groups excluding tert-OH is 1. The molecule has 0 saturated carbocycles. The van der Waals surface area contributed by atoms with Crippen LogP contribution in [0.2, 0.25) is 0 Å². The molecule has 0 aliphatic rings. The van der Waals surface area contributed by atoms with Crippen LogP contribution in [0.15, 0.2) is 72.9 Å². The van der Waals surface area contributed by atoms with Crippen molar-refractivity contribution in [3.05, 3.63) is 72.9 Å². The number of amides is 1. The zero-order valence-corrected chi connectivity index (χ0v) is 29.7. The van der Waals surface area contributed by atoms with E-state index in [0.29, 0.717) is 12.8 Å². The molecule has 0 fully saturated rings. The summed E-state index contributed by atoms with van der Waals surface area (Å²) in [6, 6.07) is -0.900. The van der Waals surface area contributed by atoms with Crippen molar-refractivity contribution in [2.75, 3.05) is 19.8 Å². The molecule has 8 nitrogen and oxygen atoms in total. The van der Waals surface area contributed by atoms with E-state index >= 15 is 0 Å². The van der Waals surface area contributed by atoms with E-state index in [4.69, 9.17) is 14.8 Å². The number of nitrogens with one attached hydrogen (secondary N) is 1. The highest BCUT2D eigenvalue weighted by Gasteiger charge is 2.26. The molecule has 0 saturated heterocycles. The molecule has 264 valence electrons. The third kappa shape index (κ3) is 30.6. The van der Waals surface area contributed by atoms with Crippen LogP contribution in [0, 0.1) is 0 Å². The van der Waals surface area contributed by atoms with Gasteiger partial charge in [-0.05, 0) is 77.0 Å². The summed E-state index contributed by atoms with van der Waals surface area (Å²) in [5.74, 6) is -0.243. The van der Waals surface area contributed by atoms with Crippen LogP contribution >= 0.6 is 7.82 Å². The Morgan fingerprint density at radius 2 is 1.28 bits per heavy atom. The molecule has 0 rings (SSSR count). The average molecular weight is 665 g/mol. The normalized spacial score (nSPS) is 15.3. The van der Waals surface area contributed by atoms with E-state index in [0.717, 1.165) is 70.6 Å². The molecule has 5 N–H and O–H groups in total. The van der Waals surface area contributed by atoms with E-state index in [9.17, 15) is 19.4 Å². The maximum atomic E-state index is 12.6. The fraction of sp³-hybridized carbons (Fsp3) is 0.649. The van der Waals surface area contributed by atoms with Crippen molar-refractivity contribution in [2.45, 2.75) is 135 Å². The Bertz CT molecular complexity index is 944. The van der Waals surface area contributed by atoms with Gasteiger partial charge in [0.1, 0.15) is 0 Å². The van der Waals surface area contributed by atoms with Gasteiger partial charge in [-0.2, -0.15) is 0 Å². The zero-order valence-electron chi connectivity index (χ0n) is 28.8. The number of aliphatic hydroxyl groups is 1. The van der Waals surface area contributed by atoms with E-state index in [1.165, 1.54) is 25.7 Å². The third-order valence-electron chi connectivity index (χ3n) is 6.99. The van der Waals surface area contributed by atoms with Crippen molar-refractivity contribution in [3.63, 3.8) is 0 Å². The molecule has 0 radical (unpaired) electrons. The molecular formula is C37H65N2O6P. The zero-order chi connectivity index (χ0) is 34.0. The van der Waals surface area contributed by atoms with Crippen LogP contribution in [-0.4, -0.2) is 47.8 Å². The molecule has 46 heavy (non-hydrogen) atoms. The second-order valence-corrected chi connectivity index (χ2v) is 12.8. The van der Waals surface area contributed by atoms with E-state index in [-0.39, 0.29) is 25.7 Å². The number of carbonyl (C=O) groups excluding carboxylic acids is 1. The lowest BCUT2D eigenvalue weighted by Crippen LogP contribution is -2.45. The van der Waals surface area contributed by atoms with Gasteiger partial charge in [-0.15, -0.1) is 0 Å². The minimum Gasteiger partial charge on any atom is -0.387 e. The van der Waals surface area contributed by atoms with Crippen molar-refractivity contribution >= 4 is 13.7 Å². The van der Waals surface area contributed by atoms with Gasteiger partial charge in [0.05, 0.1) is 25.4 Å². The van der Waals surface area contributed by atoms with Gasteiger partial charge in [0, 0.05) is 13.0 Å². The number of hydrogen-bond donors (Lipinski definition) is 4. The van der Waals surface area contributed by atoms with Crippen molar-refractivity contribution < 1.29 is 28.4 Å². The monoisotopic (exact) mass is 664 g/mol. The summed E-state index contributed by atoms with van der Waals surface area (Å²) in [6.07, 6.45) is 40.9. The Morgan fingerprint density at radius 1 is 0.739 bits per heavy atom. The fourth-order valence-electron chi connectivity index (χ4n) is 4.35. The second kappa shape index (κ2) is 32.9. The van der Waals surface area contributed by atoms with Gasteiger partial charge < -0.3 is 21.1 Å². The highest BCUT2D eigenvalue weighted by Crippen LogP contribution is 2.43. The quantitative estimate of drug-likeness (QED) is 0.0331. The first kappa shape index (κ1) is 43.9. The fourth-order valence-corrected chi connectivity index (χ4v) is 5.11. The maximum Gasteiger partial charge on any atom is 0.472 e. The summed E-state index contributed by atoms with van der Waals surface area (Å²) in [7, 11) is -4.35. The smallest absolute Gasteiger partial charge is 0.387 e. The van der Waals surface area contributed by atoms with Crippen LogP contribution in [0.1, 0.15) is 123 Å². The lowest BCUT2D eigenvalue weighted by Gasteiger charge is -2.23. The first-order valence-electron chi connectivity index (χ1n) is 17.6. The van der Waals surface area contributed by atoms with Crippen molar-refractivity contribution in [2.24, 2.45) is 5.73 Å². The van der Waals surface area contributed by atoms with Crippen LogP contribution in [0.4, 0.5) is 0 Å². The lowest BCUT2D eigenvalue weighted by atomic mass is 10.1. The predicted octanol–water partition coefficient (Wildman–Crippen LogP) is 8.93. The lowest BCUT2D eigenvalue weighted by molar-refractivity contribution is -0.123. The van der Waals surface area contributed by atoms with Crippen LogP contribution < -0.4 is 11.1 Å². The number of nitrogens with two attached hydrogens (primary N) is 1. The molecule has 0 aromatic carbocycles. The van der Waals surface area contributed by atoms with Crippen LogP contribution in [0.25, 0.3) is 0 Å².